The second-order valence-corrected chi connectivity index (χ2v) is 6.05. The van der Waals surface area contributed by atoms with Crippen LogP contribution in [0.1, 0.15) is 18.4 Å². The van der Waals surface area contributed by atoms with Gasteiger partial charge in [-0.15, -0.1) is 0 Å². The maximum absolute atomic E-state index is 12.6. The Morgan fingerprint density at radius 3 is 2.45 bits per heavy atom. The van der Waals surface area contributed by atoms with Gasteiger partial charge < -0.3 is 15.0 Å². The summed E-state index contributed by atoms with van der Waals surface area (Å²) in [4.78, 5) is 2.04. The highest BCUT2D eigenvalue weighted by atomic mass is 19.4. The van der Waals surface area contributed by atoms with Gasteiger partial charge in [0.1, 0.15) is 11.9 Å². The number of hydrogen-bond acceptors (Lipinski definition) is 3. The van der Waals surface area contributed by atoms with Crippen LogP contribution in [-0.2, 0) is 6.18 Å². The second kappa shape index (κ2) is 7.33. The first-order valence-corrected chi connectivity index (χ1v) is 7.55. The van der Waals surface area contributed by atoms with Gasteiger partial charge in [0.2, 0.25) is 0 Å². The zero-order chi connectivity index (χ0) is 16.2. The van der Waals surface area contributed by atoms with E-state index in [0.717, 1.165) is 44.6 Å². The molecular formula is C16H23F3N2O. The molecule has 0 amide bonds. The number of piperidine rings is 1. The number of ether oxygens (including phenoxy) is 1. The quantitative estimate of drug-likeness (QED) is 0.904. The summed E-state index contributed by atoms with van der Waals surface area (Å²) in [7, 11) is 3.94. The molecule has 3 nitrogen and oxygen atoms in total. The van der Waals surface area contributed by atoms with E-state index in [9.17, 15) is 13.2 Å². The van der Waals surface area contributed by atoms with E-state index in [4.69, 9.17) is 4.74 Å². The van der Waals surface area contributed by atoms with Crippen molar-refractivity contribution in [3.8, 4) is 5.75 Å². The summed E-state index contributed by atoms with van der Waals surface area (Å²) in [6.07, 6.45) is -2.16. The van der Waals surface area contributed by atoms with Gasteiger partial charge in [0.05, 0.1) is 5.56 Å². The Morgan fingerprint density at radius 2 is 1.95 bits per heavy atom. The lowest BCUT2D eigenvalue weighted by atomic mass is 9.93. The lowest BCUT2D eigenvalue weighted by Crippen LogP contribution is -2.44. The highest BCUT2D eigenvalue weighted by Gasteiger charge is 2.30. The molecule has 0 bridgehead atoms. The van der Waals surface area contributed by atoms with Gasteiger partial charge >= 0.3 is 6.18 Å². The first-order valence-electron chi connectivity index (χ1n) is 7.55. The zero-order valence-corrected chi connectivity index (χ0v) is 13.0. The molecule has 1 heterocycles. The molecule has 0 radical (unpaired) electrons. The first kappa shape index (κ1) is 17.1. The number of likely N-dealkylation sites (N-methyl/N-ethyl adjacent to an activating group) is 1. The molecule has 1 N–H and O–H groups in total. The zero-order valence-electron chi connectivity index (χ0n) is 13.0. The standard InChI is InChI=1S/C16H23F3N2O/c1-21(2)11-15(12-4-3-9-20-10-12)22-14-7-5-13(6-8-14)16(17,18)19/h5-8,12,15,20H,3-4,9-11H2,1-2H3/t12-,15-/m1/s1. The highest BCUT2D eigenvalue weighted by Crippen LogP contribution is 2.31. The molecule has 0 saturated carbocycles. The maximum atomic E-state index is 12.6. The minimum Gasteiger partial charge on any atom is -0.489 e. The van der Waals surface area contributed by atoms with Crippen molar-refractivity contribution < 1.29 is 17.9 Å². The number of hydrogen-bond donors (Lipinski definition) is 1. The summed E-state index contributed by atoms with van der Waals surface area (Å²) >= 11 is 0. The van der Waals surface area contributed by atoms with E-state index in [2.05, 4.69) is 5.32 Å². The minimum absolute atomic E-state index is 0.0282. The Hall–Kier alpha value is -1.27. The molecular weight excluding hydrogens is 293 g/mol. The van der Waals surface area contributed by atoms with Crippen LogP contribution in [0.5, 0.6) is 5.75 Å². The van der Waals surface area contributed by atoms with Crippen LogP contribution < -0.4 is 10.1 Å². The molecule has 0 spiro atoms. The number of halogens is 3. The van der Waals surface area contributed by atoms with Gasteiger partial charge in [-0.2, -0.15) is 13.2 Å². The number of rotatable bonds is 5. The van der Waals surface area contributed by atoms with Crippen molar-refractivity contribution in [1.29, 1.82) is 0 Å². The first-order chi connectivity index (χ1) is 10.4. The summed E-state index contributed by atoms with van der Waals surface area (Å²) in [5, 5.41) is 3.36. The monoisotopic (exact) mass is 316 g/mol. The van der Waals surface area contributed by atoms with E-state index in [1.54, 1.807) is 0 Å². The molecule has 6 heteroatoms. The fourth-order valence-corrected chi connectivity index (χ4v) is 2.74. The van der Waals surface area contributed by atoms with E-state index >= 15 is 0 Å². The lowest BCUT2D eigenvalue weighted by Gasteiger charge is -2.33. The number of alkyl halides is 3. The normalized spacial score (nSPS) is 20.9. The predicted octanol–water partition coefficient (Wildman–Crippen LogP) is 3.01. The summed E-state index contributed by atoms with van der Waals surface area (Å²) in [6, 6.07) is 4.95. The number of nitrogens with zero attached hydrogens (tertiary/aromatic N) is 1. The third-order valence-corrected chi connectivity index (χ3v) is 3.87. The second-order valence-electron chi connectivity index (χ2n) is 6.05. The van der Waals surface area contributed by atoms with E-state index in [1.807, 2.05) is 19.0 Å². The third kappa shape index (κ3) is 4.88. The van der Waals surface area contributed by atoms with Crippen LogP contribution in [0.25, 0.3) is 0 Å². The van der Waals surface area contributed by atoms with Gasteiger partial charge in [-0.05, 0) is 57.7 Å². The van der Waals surface area contributed by atoms with Crippen molar-refractivity contribution in [3.63, 3.8) is 0 Å². The SMILES string of the molecule is CN(C)C[C@@H](Oc1ccc(C(F)(F)F)cc1)[C@@H]1CCCNC1. The molecule has 124 valence electrons. The van der Waals surface area contributed by atoms with Crippen molar-refractivity contribution in [2.24, 2.45) is 5.92 Å². The largest absolute Gasteiger partial charge is 0.489 e. The molecule has 0 aromatic heterocycles. The van der Waals surface area contributed by atoms with Crippen LogP contribution in [0.15, 0.2) is 24.3 Å². The molecule has 1 aromatic rings. The Kier molecular flexibility index (Phi) is 5.69. The highest BCUT2D eigenvalue weighted by molar-refractivity contribution is 5.29. The summed E-state index contributed by atoms with van der Waals surface area (Å²) in [5.74, 6) is 0.865. The topological polar surface area (TPSA) is 24.5 Å². The van der Waals surface area contributed by atoms with Crippen LogP contribution in [0.2, 0.25) is 0 Å². The third-order valence-electron chi connectivity index (χ3n) is 3.87. The van der Waals surface area contributed by atoms with Crippen molar-refractivity contribution in [3.05, 3.63) is 29.8 Å². The van der Waals surface area contributed by atoms with E-state index < -0.39 is 11.7 Å². The van der Waals surface area contributed by atoms with Gasteiger partial charge in [0.15, 0.2) is 0 Å². The predicted molar refractivity (Wildman–Crippen MR) is 80.0 cm³/mol. The molecule has 22 heavy (non-hydrogen) atoms. The molecule has 1 aliphatic rings. The lowest BCUT2D eigenvalue weighted by molar-refractivity contribution is -0.137. The van der Waals surface area contributed by atoms with Gasteiger partial charge in [0, 0.05) is 19.0 Å². The molecule has 2 rings (SSSR count). The average molecular weight is 316 g/mol. The van der Waals surface area contributed by atoms with Gasteiger partial charge in [0.25, 0.3) is 0 Å². The Bertz CT molecular complexity index is 453. The fourth-order valence-electron chi connectivity index (χ4n) is 2.74. The minimum atomic E-state index is -4.31. The smallest absolute Gasteiger partial charge is 0.416 e. The van der Waals surface area contributed by atoms with Gasteiger partial charge in [-0.25, -0.2) is 0 Å². The van der Waals surface area contributed by atoms with Gasteiger partial charge in [-0.1, -0.05) is 0 Å². The molecule has 1 aromatic carbocycles. The number of nitrogens with one attached hydrogen (secondary N) is 1. The number of benzene rings is 1. The summed E-state index contributed by atoms with van der Waals surface area (Å²) in [5.41, 5.74) is -0.650. The summed E-state index contributed by atoms with van der Waals surface area (Å²) in [6.45, 7) is 2.65. The maximum Gasteiger partial charge on any atom is 0.416 e. The van der Waals surface area contributed by atoms with Crippen molar-refractivity contribution >= 4 is 0 Å². The van der Waals surface area contributed by atoms with E-state index in [1.165, 1.54) is 12.1 Å². The molecule has 1 saturated heterocycles. The van der Waals surface area contributed by atoms with Crippen LogP contribution in [0.4, 0.5) is 13.2 Å². The molecule has 2 atom stereocenters. The Labute approximate surface area is 129 Å². The van der Waals surface area contributed by atoms with Crippen LogP contribution in [0.3, 0.4) is 0 Å². The summed E-state index contributed by atoms with van der Waals surface area (Å²) < 4.78 is 43.8. The van der Waals surface area contributed by atoms with Crippen LogP contribution >= 0.6 is 0 Å². The van der Waals surface area contributed by atoms with Gasteiger partial charge in [-0.3, -0.25) is 0 Å². The molecule has 1 aliphatic heterocycles. The van der Waals surface area contributed by atoms with Crippen LogP contribution in [-0.4, -0.2) is 44.7 Å². The van der Waals surface area contributed by atoms with Crippen molar-refractivity contribution in [2.45, 2.75) is 25.1 Å². The van der Waals surface area contributed by atoms with Crippen molar-refractivity contribution in [1.82, 2.24) is 10.2 Å². The average Bonchev–Trinajstić information content (AvgIpc) is 2.47. The van der Waals surface area contributed by atoms with Crippen molar-refractivity contribution in [2.75, 3.05) is 33.7 Å². The molecule has 0 unspecified atom stereocenters. The Balaban J connectivity index is 2.05. The Morgan fingerprint density at radius 1 is 1.27 bits per heavy atom. The van der Waals surface area contributed by atoms with E-state index in [0.29, 0.717) is 11.7 Å². The van der Waals surface area contributed by atoms with E-state index in [-0.39, 0.29) is 6.10 Å². The molecule has 0 aliphatic carbocycles. The van der Waals surface area contributed by atoms with Crippen LogP contribution in [0, 0.1) is 5.92 Å². The molecule has 1 fully saturated rings. The fraction of sp³-hybridized carbons (Fsp3) is 0.625.